The van der Waals surface area contributed by atoms with Crippen molar-refractivity contribution < 1.29 is 25.0 Å². The van der Waals surface area contributed by atoms with E-state index in [2.05, 4.69) is 0 Å². The van der Waals surface area contributed by atoms with E-state index in [1.165, 1.54) is 0 Å². The van der Waals surface area contributed by atoms with E-state index in [4.69, 9.17) is 18.1 Å². The molecule has 0 atom stereocenters. The third kappa shape index (κ3) is 3.87. The van der Waals surface area contributed by atoms with Crippen molar-refractivity contribution in [3.63, 3.8) is 0 Å². The van der Waals surface area contributed by atoms with Gasteiger partial charge in [0, 0.05) is 10.8 Å². The predicted molar refractivity (Wildman–Crippen MR) is 186 cm³/mol. The Morgan fingerprint density at radius 2 is 1.18 bits per heavy atom. The average Bonchev–Trinajstić information content (AvgIpc) is 3.62. The van der Waals surface area contributed by atoms with Crippen LogP contribution in [0.1, 0.15) is 31.7 Å². The van der Waals surface area contributed by atoms with Crippen LogP contribution in [0.25, 0.3) is 76.5 Å². The van der Waals surface area contributed by atoms with Crippen LogP contribution in [0.5, 0.6) is 0 Å². The zero-order valence-corrected chi connectivity index (χ0v) is 23.0. The van der Waals surface area contributed by atoms with Gasteiger partial charge in [-0.05, 0) is 90.3 Å². The van der Waals surface area contributed by atoms with E-state index in [1.54, 1.807) is 18.2 Å². The normalized spacial score (nSPS) is 16.5. The maximum absolute atomic E-state index is 9.35. The van der Waals surface area contributed by atoms with Crippen LogP contribution in [0.4, 0.5) is 0 Å². The van der Waals surface area contributed by atoms with Gasteiger partial charge in [0.25, 0.3) is 0 Å². The average molecular weight is 576 g/mol. The van der Waals surface area contributed by atoms with Gasteiger partial charge in [-0.1, -0.05) is 139 Å². The second-order valence-corrected chi connectivity index (χ2v) is 10.5. The zero-order chi connectivity index (χ0) is 42.1. The van der Waals surface area contributed by atoms with E-state index in [0.29, 0.717) is 22.1 Å². The fourth-order valence-electron chi connectivity index (χ4n) is 6.18. The van der Waals surface area contributed by atoms with Gasteiger partial charge >= 0.3 is 0 Å². The Labute approximate surface area is 276 Å². The molecule has 44 heavy (non-hydrogen) atoms. The lowest BCUT2D eigenvalue weighted by Crippen LogP contribution is -1.96. The molecule has 206 valence electrons. The maximum atomic E-state index is 9.35. The molecule has 9 aromatic rings. The molecule has 1 nitrogen and oxygen atoms in total. The fourth-order valence-corrected chi connectivity index (χ4v) is 6.18. The zero-order valence-electron chi connectivity index (χ0n) is 38.0. The SMILES string of the molecule is [2H]c1c([2H])c([2H])c2c(-c3c4c([2H])c([2H])c([2H])c([2H])c4c(Cc4cccc5oc6cc(-c7ccccc7)ccc6c45)c4c([2H])c([2H])c([2H])c([2H])c34)c([2H])c([2H])c([2H])c2c1[2H]. The number of fused-ring (bicyclic) bond motifs is 6. The molecular weight excluding hydrogens is 532 g/mol. The summed E-state index contributed by atoms with van der Waals surface area (Å²) < 4.78 is 140. The molecule has 0 aliphatic heterocycles. The lowest BCUT2D eigenvalue weighted by Gasteiger charge is -2.19. The van der Waals surface area contributed by atoms with Crippen LogP contribution in [0.3, 0.4) is 0 Å². The molecule has 0 saturated heterocycles. The van der Waals surface area contributed by atoms with Crippen LogP contribution >= 0.6 is 0 Å². The summed E-state index contributed by atoms with van der Waals surface area (Å²) in [5.74, 6) is 0. The van der Waals surface area contributed by atoms with Crippen molar-refractivity contribution in [1.29, 1.82) is 0 Å². The molecule has 0 fully saturated rings. The van der Waals surface area contributed by atoms with Gasteiger partial charge in [0.1, 0.15) is 11.2 Å². The first-order valence-electron chi connectivity index (χ1n) is 21.5. The summed E-state index contributed by atoms with van der Waals surface area (Å²) in [7, 11) is 0. The third-order valence-electron chi connectivity index (χ3n) is 8.10. The molecule has 9 rings (SSSR count). The molecule has 0 bridgehead atoms. The summed E-state index contributed by atoms with van der Waals surface area (Å²) in [6.07, 6.45) is -0.132. The minimum absolute atomic E-state index is 0.112. The quantitative estimate of drug-likeness (QED) is 0.190. The van der Waals surface area contributed by atoms with E-state index >= 15 is 0 Å². The van der Waals surface area contributed by atoms with E-state index in [-0.39, 0.29) is 39.1 Å². The van der Waals surface area contributed by atoms with Gasteiger partial charge in [0.05, 0.1) is 20.6 Å². The molecule has 1 aromatic heterocycles. The summed E-state index contributed by atoms with van der Waals surface area (Å²) in [6.45, 7) is 0. The Balaban J connectivity index is 1.48. The highest BCUT2D eigenvalue weighted by Gasteiger charge is 2.19. The topological polar surface area (TPSA) is 13.1 Å². The lowest BCUT2D eigenvalue weighted by molar-refractivity contribution is 0.669. The number of hydrogen-bond donors (Lipinski definition) is 0. The third-order valence-corrected chi connectivity index (χ3v) is 8.10. The van der Waals surface area contributed by atoms with Crippen LogP contribution in [0.15, 0.2) is 162 Å². The van der Waals surface area contributed by atoms with Crippen molar-refractivity contribution in [2.45, 2.75) is 6.42 Å². The first kappa shape index (κ1) is 14.2. The van der Waals surface area contributed by atoms with Crippen LogP contribution in [-0.4, -0.2) is 0 Å². The summed E-state index contributed by atoms with van der Waals surface area (Å²) in [5, 5.41) is -0.255. The monoisotopic (exact) mass is 575 g/mol. The van der Waals surface area contributed by atoms with Gasteiger partial charge in [0.2, 0.25) is 0 Å². The lowest BCUT2D eigenvalue weighted by atomic mass is 9.84. The van der Waals surface area contributed by atoms with Crippen molar-refractivity contribution in [2.24, 2.45) is 0 Å². The van der Waals surface area contributed by atoms with Gasteiger partial charge in [-0.2, -0.15) is 0 Å². The minimum Gasteiger partial charge on any atom is -0.456 e. The molecule has 8 aromatic carbocycles. The number of rotatable bonds is 4. The smallest absolute Gasteiger partial charge is 0.136 e. The summed E-state index contributed by atoms with van der Waals surface area (Å²) in [6, 6.07) is 10.9. The Morgan fingerprint density at radius 3 is 1.95 bits per heavy atom. The van der Waals surface area contributed by atoms with E-state index in [9.17, 15) is 6.85 Å². The van der Waals surface area contributed by atoms with Crippen molar-refractivity contribution >= 4 is 54.3 Å². The van der Waals surface area contributed by atoms with Crippen molar-refractivity contribution in [1.82, 2.24) is 0 Å². The minimum atomic E-state index is -0.751. The van der Waals surface area contributed by atoms with Crippen LogP contribution in [0.2, 0.25) is 0 Å². The Hall–Kier alpha value is -5.66. The fraction of sp³-hybridized carbons (Fsp3) is 0.0233. The molecular formula is C43H28O. The molecule has 0 N–H and O–H groups in total. The van der Waals surface area contributed by atoms with Crippen molar-refractivity contribution in [3.05, 3.63) is 168 Å². The number of furan rings is 1. The molecule has 0 aliphatic carbocycles. The summed E-state index contributed by atoms with van der Waals surface area (Å²) in [4.78, 5) is 0. The highest BCUT2D eigenvalue weighted by molar-refractivity contribution is 6.19. The number of hydrogen-bond acceptors (Lipinski definition) is 1. The second-order valence-electron chi connectivity index (χ2n) is 10.5. The molecule has 0 radical (unpaired) electrons. The number of benzene rings is 8. The Kier molecular flexibility index (Phi) is 3.22. The maximum Gasteiger partial charge on any atom is 0.136 e. The van der Waals surface area contributed by atoms with Gasteiger partial charge < -0.3 is 4.42 Å². The highest BCUT2D eigenvalue weighted by atomic mass is 16.3. The largest absolute Gasteiger partial charge is 0.456 e. The Morgan fingerprint density at radius 1 is 0.500 bits per heavy atom. The van der Waals surface area contributed by atoms with E-state index in [0.717, 1.165) is 16.5 Å². The molecule has 0 saturated carbocycles. The first-order chi connectivity index (χ1) is 28.1. The van der Waals surface area contributed by atoms with Crippen molar-refractivity contribution in [3.8, 4) is 22.3 Å². The van der Waals surface area contributed by atoms with Gasteiger partial charge in [0.15, 0.2) is 0 Å². The van der Waals surface area contributed by atoms with Crippen LogP contribution in [-0.2, 0) is 6.42 Å². The predicted octanol–water partition coefficient (Wildman–Crippen LogP) is 12.0. The Bertz CT molecular complexity index is 3270. The second kappa shape index (κ2) is 9.97. The van der Waals surface area contributed by atoms with Crippen LogP contribution < -0.4 is 0 Å². The molecule has 1 heterocycles. The van der Waals surface area contributed by atoms with Crippen LogP contribution in [0, 0.1) is 0 Å². The van der Waals surface area contributed by atoms with Crippen molar-refractivity contribution in [2.75, 3.05) is 0 Å². The van der Waals surface area contributed by atoms with Gasteiger partial charge in [-0.25, -0.2) is 0 Å². The molecule has 0 amide bonds. The van der Waals surface area contributed by atoms with E-state index in [1.807, 2.05) is 48.5 Å². The molecule has 1 heteroatoms. The van der Waals surface area contributed by atoms with Gasteiger partial charge in [-0.15, -0.1) is 0 Å². The molecule has 0 aliphatic rings. The highest BCUT2D eigenvalue weighted by Crippen LogP contribution is 2.43. The first-order valence-corrected chi connectivity index (χ1v) is 14.0. The van der Waals surface area contributed by atoms with Gasteiger partial charge in [-0.3, -0.25) is 0 Å². The summed E-state index contributed by atoms with van der Waals surface area (Å²) in [5.41, 5.74) is 2.93. The summed E-state index contributed by atoms with van der Waals surface area (Å²) >= 11 is 0. The molecule has 0 spiro atoms. The van der Waals surface area contributed by atoms with E-state index < -0.39 is 107 Å². The molecule has 0 unspecified atom stereocenters. The standard InChI is InChI=1S/C43H28O/c1-2-12-28(13-3-1)30-24-25-38-41(27-30)44-40-23-11-16-31(42(38)40)26-39-33-18-6-8-20-36(33)43(37-21-9-7-19-34(37)39)35-22-10-15-29-14-4-5-17-32(29)35/h1-25,27H,26H2/i4D,5D,6D,7D,8D,9D,10D,14D,15D,17D,18D,19D,20D,21D,22D.